The molecule has 2 aliphatic rings. The lowest BCUT2D eigenvalue weighted by Gasteiger charge is -2.35. The molecule has 3 atom stereocenters. The summed E-state index contributed by atoms with van der Waals surface area (Å²) in [7, 11) is 2.11. The van der Waals surface area contributed by atoms with E-state index in [1.54, 1.807) is 0 Å². The zero-order valence-electron chi connectivity index (χ0n) is 9.42. The van der Waals surface area contributed by atoms with Crippen LogP contribution in [-0.4, -0.2) is 12.0 Å². The molecular weight excluding hydrogens is 204 g/mol. The zero-order chi connectivity index (χ0) is 10.5. The molecular formula is C12H18N2S. The van der Waals surface area contributed by atoms with E-state index in [0.717, 1.165) is 11.8 Å². The van der Waals surface area contributed by atoms with E-state index in [0.29, 0.717) is 0 Å². The van der Waals surface area contributed by atoms with Gasteiger partial charge in [0.15, 0.2) is 0 Å². The number of hydrogen-bond acceptors (Lipinski definition) is 3. The van der Waals surface area contributed by atoms with Gasteiger partial charge in [0.05, 0.1) is 5.54 Å². The lowest BCUT2D eigenvalue weighted by atomic mass is 9.81. The molecule has 0 spiro atoms. The second-order valence-corrected chi connectivity index (χ2v) is 5.95. The maximum atomic E-state index is 4.71. The molecule has 1 heterocycles. The number of hydrogen-bond donors (Lipinski definition) is 1. The van der Waals surface area contributed by atoms with Gasteiger partial charge in [0.1, 0.15) is 5.01 Å². The summed E-state index contributed by atoms with van der Waals surface area (Å²) in [6, 6.07) is 0. The number of thiazole rings is 1. The van der Waals surface area contributed by atoms with Gasteiger partial charge in [-0.3, -0.25) is 0 Å². The van der Waals surface area contributed by atoms with Crippen LogP contribution in [0, 0.1) is 18.8 Å². The molecule has 0 aromatic carbocycles. The number of nitrogens with zero attached hydrogens (tertiary/aromatic N) is 1. The van der Waals surface area contributed by atoms with Crippen molar-refractivity contribution in [3.05, 3.63) is 16.1 Å². The van der Waals surface area contributed by atoms with Crippen LogP contribution in [-0.2, 0) is 5.54 Å². The quantitative estimate of drug-likeness (QED) is 0.832. The fourth-order valence-corrected chi connectivity index (χ4v) is 4.66. The van der Waals surface area contributed by atoms with Crippen molar-refractivity contribution >= 4 is 11.3 Å². The minimum atomic E-state index is 0.224. The monoisotopic (exact) mass is 222 g/mol. The predicted octanol–water partition coefficient (Wildman–Crippen LogP) is 2.69. The Kier molecular flexibility index (Phi) is 2.15. The standard InChI is InChI=1S/C12H18N2S/c1-8-7-15-11(14-8)12(13-2)6-9-3-4-10(12)5-9/h7,9-10,13H,3-6H2,1-2H3. The van der Waals surface area contributed by atoms with E-state index in [4.69, 9.17) is 4.98 Å². The summed E-state index contributed by atoms with van der Waals surface area (Å²) in [5, 5.41) is 7.10. The molecule has 2 bridgehead atoms. The number of rotatable bonds is 2. The molecule has 3 rings (SSSR count). The lowest BCUT2D eigenvalue weighted by molar-refractivity contribution is 0.224. The maximum Gasteiger partial charge on any atom is 0.113 e. The zero-order valence-corrected chi connectivity index (χ0v) is 10.2. The number of aromatic nitrogens is 1. The molecule has 2 nitrogen and oxygen atoms in total. The third kappa shape index (κ3) is 1.29. The van der Waals surface area contributed by atoms with Gasteiger partial charge >= 0.3 is 0 Å². The van der Waals surface area contributed by atoms with Crippen LogP contribution in [0.3, 0.4) is 0 Å². The van der Waals surface area contributed by atoms with Crippen LogP contribution >= 0.6 is 11.3 Å². The van der Waals surface area contributed by atoms with E-state index in [2.05, 4.69) is 24.7 Å². The van der Waals surface area contributed by atoms with E-state index in [1.165, 1.54) is 36.4 Å². The molecule has 2 fully saturated rings. The Morgan fingerprint density at radius 1 is 1.53 bits per heavy atom. The predicted molar refractivity (Wildman–Crippen MR) is 63.0 cm³/mol. The molecule has 1 aromatic heterocycles. The third-order valence-corrected chi connectivity index (χ3v) is 5.43. The van der Waals surface area contributed by atoms with E-state index in [-0.39, 0.29) is 5.54 Å². The summed E-state index contributed by atoms with van der Waals surface area (Å²) in [5.74, 6) is 1.78. The second kappa shape index (κ2) is 3.29. The van der Waals surface area contributed by atoms with Crippen molar-refractivity contribution in [2.24, 2.45) is 11.8 Å². The fourth-order valence-electron chi connectivity index (χ4n) is 3.56. The van der Waals surface area contributed by atoms with Crippen molar-refractivity contribution in [2.45, 2.75) is 38.1 Å². The summed E-state index contributed by atoms with van der Waals surface area (Å²) in [5.41, 5.74) is 1.40. The molecule has 3 heteroatoms. The maximum absolute atomic E-state index is 4.71. The second-order valence-electron chi connectivity index (χ2n) is 5.10. The highest BCUT2D eigenvalue weighted by atomic mass is 32.1. The first-order valence-corrected chi connectivity index (χ1v) is 6.74. The first kappa shape index (κ1) is 9.79. The summed E-state index contributed by atoms with van der Waals surface area (Å²) >= 11 is 1.84. The van der Waals surface area contributed by atoms with Gasteiger partial charge in [-0.15, -0.1) is 11.3 Å². The molecule has 1 aromatic rings. The van der Waals surface area contributed by atoms with Gasteiger partial charge < -0.3 is 5.32 Å². The molecule has 15 heavy (non-hydrogen) atoms. The van der Waals surface area contributed by atoms with Gasteiger partial charge in [0, 0.05) is 11.1 Å². The van der Waals surface area contributed by atoms with Crippen molar-refractivity contribution in [1.29, 1.82) is 0 Å². The van der Waals surface area contributed by atoms with Gasteiger partial charge in [-0.1, -0.05) is 6.42 Å². The fraction of sp³-hybridized carbons (Fsp3) is 0.750. The van der Waals surface area contributed by atoms with E-state index >= 15 is 0 Å². The van der Waals surface area contributed by atoms with Crippen LogP contribution in [0.1, 0.15) is 36.4 Å². The van der Waals surface area contributed by atoms with Crippen molar-refractivity contribution in [3.8, 4) is 0 Å². The van der Waals surface area contributed by atoms with Gasteiger partial charge in [-0.25, -0.2) is 4.98 Å². The highest BCUT2D eigenvalue weighted by Crippen LogP contribution is 2.55. The van der Waals surface area contributed by atoms with Crippen molar-refractivity contribution in [2.75, 3.05) is 7.05 Å². The third-order valence-electron chi connectivity index (χ3n) is 4.30. The minimum absolute atomic E-state index is 0.224. The van der Waals surface area contributed by atoms with Crippen LogP contribution in [0.25, 0.3) is 0 Å². The van der Waals surface area contributed by atoms with Crippen molar-refractivity contribution in [3.63, 3.8) is 0 Å². The van der Waals surface area contributed by atoms with Crippen LogP contribution in [0.2, 0.25) is 0 Å². The van der Waals surface area contributed by atoms with E-state index < -0.39 is 0 Å². The van der Waals surface area contributed by atoms with E-state index in [1.807, 2.05) is 11.3 Å². The minimum Gasteiger partial charge on any atom is -0.308 e. The Morgan fingerprint density at radius 2 is 2.40 bits per heavy atom. The van der Waals surface area contributed by atoms with Crippen LogP contribution in [0.15, 0.2) is 5.38 Å². The van der Waals surface area contributed by atoms with Crippen LogP contribution in [0.4, 0.5) is 0 Å². The topological polar surface area (TPSA) is 24.9 Å². The molecule has 82 valence electrons. The largest absolute Gasteiger partial charge is 0.308 e. The summed E-state index contributed by atoms with van der Waals surface area (Å²) in [6.07, 6.45) is 5.56. The lowest BCUT2D eigenvalue weighted by Crippen LogP contribution is -2.44. The Labute approximate surface area is 95.1 Å². The molecule has 0 amide bonds. The highest BCUT2D eigenvalue weighted by Gasteiger charge is 2.52. The van der Waals surface area contributed by atoms with Crippen molar-refractivity contribution < 1.29 is 0 Å². The summed E-state index contributed by atoms with van der Waals surface area (Å²) in [4.78, 5) is 4.71. The normalized spacial score (nSPS) is 38.8. The molecule has 2 saturated carbocycles. The molecule has 0 radical (unpaired) electrons. The molecule has 2 aliphatic carbocycles. The van der Waals surface area contributed by atoms with Gasteiger partial charge in [-0.2, -0.15) is 0 Å². The van der Waals surface area contributed by atoms with Gasteiger partial charge in [-0.05, 0) is 45.1 Å². The average Bonchev–Trinajstić information content (AvgIpc) is 2.91. The smallest absolute Gasteiger partial charge is 0.113 e. The number of fused-ring (bicyclic) bond motifs is 2. The van der Waals surface area contributed by atoms with Crippen LogP contribution in [0.5, 0.6) is 0 Å². The first-order chi connectivity index (χ1) is 7.24. The Hall–Kier alpha value is -0.410. The molecule has 3 unspecified atom stereocenters. The number of aryl methyl sites for hydroxylation is 1. The Balaban J connectivity index is 2.00. The van der Waals surface area contributed by atoms with Crippen molar-refractivity contribution in [1.82, 2.24) is 10.3 Å². The molecule has 0 aliphatic heterocycles. The van der Waals surface area contributed by atoms with E-state index in [9.17, 15) is 0 Å². The first-order valence-electron chi connectivity index (χ1n) is 5.86. The Bertz CT molecular complexity index is 373. The molecule has 1 N–H and O–H groups in total. The van der Waals surface area contributed by atoms with Gasteiger partial charge in [0.2, 0.25) is 0 Å². The number of nitrogens with one attached hydrogen (secondary N) is 1. The highest BCUT2D eigenvalue weighted by molar-refractivity contribution is 7.09. The summed E-state index contributed by atoms with van der Waals surface area (Å²) in [6.45, 7) is 2.09. The SMILES string of the molecule is CNC1(c2nc(C)cs2)CC2CCC1C2. The van der Waals surface area contributed by atoms with Gasteiger partial charge in [0.25, 0.3) is 0 Å². The Morgan fingerprint density at radius 3 is 2.87 bits per heavy atom. The van der Waals surface area contributed by atoms with Crippen LogP contribution < -0.4 is 5.32 Å². The summed E-state index contributed by atoms with van der Waals surface area (Å²) < 4.78 is 0. The average molecular weight is 222 g/mol. The molecule has 0 saturated heterocycles.